The van der Waals surface area contributed by atoms with Crippen LogP contribution in [-0.2, 0) is 19.4 Å². The molecule has 1 aliphatic heterocycles. The van der Waals surface area contributed by atoms with Gasteiger partial charge in [-0.1, -0.05) is 0 Å². The third-order valence-corrected chi connectivity index (χ3v) is 5.30. The van der Waals surface area contributed by atoms with Crippen LogP contribution in [0.5, 0.6) is 0 Å². The maximum atomic E-state index is 15.5. The molecule has 3 aromatic heterocycles. The SMILES string of the molecule is CC(C)n1cc(C2=Nn3c(nnc3C(F)(F)c3cc4cn(C)nc4cc3F)CC2)cn1. The first kappa shape index (κ1) is 19.5. The van der Waals surface area contributed by atoms with Gasteiger partial charge in [-0.05, 0) is 26.3 Å². The fraction of sp³-hybridized carbons (Fsp3) is 0.350. The molecule has 0 saturated carbocycles. The van der Waals surface area contributed by atoms with Gasteiger partial charge in [0, 0.05) is 48.9 Å². The zero-order chi connectivity index (χ0) is 21.9. The minimum atomic E-state index is -3.74. The lowest BCUT2D eigenvalue weighted by atomic mass is 10.0. The molecule has 0 saturated heterocycles. The van der Waals surface area contributed by atoms with Crippen molar-refractivity contribution in [2.24, 2.45) is 12.1 Å². The second-order valence-electron chi connectivity index (χ2n) is 7.87. The van der Waals surface area contributed by atoms with Crippen LogP contribution in [0.3, 0.4) is 0 Å². The summed E-state index contributed by atoms with van der Waals surface area (Å²) in [6.45, 7) is 3.98. The molecule has 0 radical (unpaired) electrons. The van der Waals surface area contributed by atoms with E-state index in [9.17, 15) is 4.39 Å². The van der Waals surface area contributed by atoms with E-state index in [2.05, 4.69) is 25.5 Å². The Kier molecular flexibility index (Phi) is 4.24. The minimum absolute atomic E-state index is 0.161. The molecule has 0 bridgehead atoms. The molecule has 1 aliphatic rings. The van der Waals surface area contributed by atoms with Gasteiger partial charge in [0.05, 0.1) is 23.0 Å². The summed E-state index contributed by atoms with van der Waals surface area (Å²) in [5.41, 5.74) is 0.841. The van der Waals surface area contributed by atoms with E-state index in [4.69, 9.17) is 0 Å². The van der Waals surface area contributed by atoms with Crippen molar-refractivity contribution in [1.82, 2.24) is 34.4 Å². The molecular formula is C20H19F3N8. The van der Waals surface area contributed by atoms with Crippen molar-refractivity contribution in [2.45, 2.75) is 38.7 Å². The number of rotatable bonds is 4. The molecule has 11 heteroatoms. The Morgan fingerprint density at radius 2 is 1.90 bits per heavy atom. The number of aromatic nitrogens is 7. The zero-order valence-electron chi connectivity index (χ0n) is 17.1. The van der Waals surface area contributed by atoms with Crippen LogP contribution in [0, 0.1) is 5.82 Å². The molecule has 0 fully saturated rings. The van der Waals surface area contributed by atoms with E-state index in [1.165, 1.54) is 4.68 Å². The number of hydrogen-bond acceptors (Lipinski definition) is 5. The quantitative estimate of drug-likeness (QED) is 0.499. The monoisotopic (exact) mass is 428 g/mol. The summed E-state index contributed by atoms with van der Waals surface area (Å²) in [6.07, 6.45) is 5.94. The normalized spacial score (nSPS) is 14.4. The number of aryl methyl sites for hydroxylation is 2. The van der Waals surface area contributed by atoms with Gasteiger partial charge in [-0.15, -0.1) is 10.2 Å². The topological polar surface area (TPSA) is 78.7 Å². The number of nitrogens with zero attached hydrogens (tertiary/aromatic N) is 8. The van der Waals surface area contributed by atoms with Crippen LogP contribution in [0.1, 0.15) is 49.1 Å². The standard InChI is InChI=1S/C20H19F3N8/c1-11(2)30-10-13(8-24-30)16-4-5-18-25-26-19(31(18)28-16)20(22,23)14-6-12-9-29(3)27-17(12)7-15(14)21/h6-11H,4-5H2,1-3H3. The third kappa shape index (κ3) is 3.11. The summed E-state index contributed by atoms with van der Waals surface area (Å²) in [6, 6.07) is 2.26. The van der Waals surface area contributed by atoms with Crippen LogP contribution in [0.15, 0.2) is 35.8 Å². The first-order valence-electron chi connectivity index (χ1n) is 9.82. The van der Waals surface area contributed by atoms with Gasteiger partial charge in [0.25, 0.3) is 0 Å². The van der Waals surface area contributed by atoms with Crippen LogP contribution < -0.4 is 0 Å². The lowest BCUT2D eigenvalue weighted by Gasteiger charge is -2.19. The maximum absolute atomic E-state index is 15.5. The Labute approximate surface area is 175 Å². The summed E-state index contributed by atoms with van der Waals surface area (Å²) in [5.74, 6) is -5.23. The molecule has 0 N–H and O–H groups in total. The Hall–Kier alpha value is -3.50. The first-order valence-corrected chi connectivity index (χ1v) is 9.82. The van der Waals surface area contributed by atoms with E-state index in [1.54, 1.807) is 24.1 Å². The molecule has 5 rings (SSSR count). The summed E-state index contributed by atoms with van der Waals surface area (Å²) in [5, 5.41) is 20.7. The molecular weight excluding hydrogens is 409 g/mol. The molecule has 0 atom stereocenters. The van der Waals surface area contributed by atoms with Crippen LogP contribution in [-0.4, -0.2) is 40.1 Å². The Bertz CT molecular complexity index is 1330. The van der Waals surface area contributed by atoms with Gasteiger partial charge in [0.1, 0.15) is 5.82 Å². The van der Waals surface area contributed by atoms with Gasteiger partial charge < -0.3 is 0 Å². The highest BCUT2D eigenvalue weighted by atomic mass is 19.3. The summed E-state index contributed by atoms with van der Waals surface area (Å²) < 4.78 is 49.8. The second kappa shape index (κ2) is 6.76. The number of alkyl halides is 2. The van der Waals surface area contributed by atoms with E-state index in [0.29, 0.717) is 35.3 Å². The molecule has 0 unspecified atom stereocenters. The lowest BCUT2D eigenvalue weighted by Crippen LogP contribution is -2.24. The number of fused-ring (bicyclic) bond motifs is 2. The fourth-order valence-corrected chi connectivity index (χ4v) is 3.67. The van der Waals surface area contributed by atoms with Crippen LogP contribution >= 0.6 is 0 Å². The van der Waals surface area contributed by atoms with E-state index in [0.717, 1.165) is 22.4 Å². The summed E-state index contributed by atoms with van der Waals surface area (Å²) in [4.78, 5) is 0. The van der Waals surface area contributed by atoms with E-state index < -0.39 is 23.1 Å². The highest BCUT2D eigenvalue weighted by Crippen LogP contribution is 2.38. The van der Waals surface area contributed by atoms with E-state index in [1.807, 2.05) is 20.0 Å². The highest BCUT2D eigenvalue weighted by Gasteiger charge is 2.44. The second-order valence-corrected chi connectivity index (χ2v) is 7.87. The third-order valence-electron chi connectivity index (χ3n) is 5.30. The van der Waals surface area contributed by atoms with E-state index >= 15 is 8.78 Å². The van der Waals surface area contributed by atoms with Crippen molar-refractivity contribution in [3.63, 3.8) is 0 Å². The molecule has 1 aromatic carbocycles. The van der Waals surface area contributed by atoms with Crippen molar-refractivity contribution >= 4 is 16.6 Å². The number of benzene rings is 1. The Morgan fingerprint density at radius 3 is 2.65 bits per heavy atom. The fourth-order valence-electron chi connectivity index (χ4n) is 3.67. The zero-order valence-corrected chi connectivity index (χ0v) is 17.1. The summed E-state index contributed by atoms with van der Waals surface area (Å²) >= 11 is 0. The van der Waals surface area contributed by atoms with Crippen LogP contribution in [0.25, 0.3) is 10.9 Å². The number of halogens is 3. The maximum Gasteiger partial charge on any atom is 0.336 e. The number of hydrogen-bond donors (Lipinski definition) is 0. The first-order chi connectivity index (χ1) is 14.7. The Morgan fingerprint density at radius 1 is 1.10 bits per heavy atom. The lowest BCUT2D eigenvalue weighted by molar-refractivity contribution is 0.0255. The molecule has 4 heterocycles. The van der Waals surface area contributed by atoms with Crippen LogP contribution in [0.4, 0.5) is 13.2 Å². The van der Waals surface area contributed by atoms with Gasteiger partial charge in [-0.2, -0.15) is 28.8 Å². The van der Waals surface area contributed by atoms with Gasteiger partial charge in [0.15, 0.2) is 5.82 Å². The summed E-state index contributed by atoms with van der Waals surface area (Å²) in [7, 11) is 1.64. The minimum Gasteiger partial charge on any atom is -0.275 e. The predicted octanol–water partition coefficient (Wildman–Crippen LogP) is 3.42. The average Bonchev–Trinajstić information content (AvgIpc) is 3.43. The van der Waals surface area contributed by atoms with Crippen molar-refractivity contribution in [3.05, 3.63) is 59.3 Å². The largest absolute Gasteiger partial charge is 0.336 e. The average molecular weight is 428 g/mol. The van der Waals surface area contributed by atoms with Gasteiger partial charge in [0.2, 0.25) is 5.82 Å². The molecule has 0 amide bonds. The molecule has 8 nitrogen and oxygen atoms in total. The van der Waals surface area contributed by atoms with Crippen molar-refractivity contribution in [2.75, 3.05) is 0 Å². The Balaban J connectivity index is 1.59. The molecule has 4 aromatic rings. The molecule has 31 heavy (non-hydrogen) atoms. The predicted molar refractivity (Wildman–Crippen MR) is 107 cm³/mol. The smallest absolute Gasteiger partial charge is 0.275 e. The molecule has 160 valence electrons. The van der Waals surface area contributed by atoms with Crippen molar-refractivity contribution in [3.8, 4) is 0 Å². The van der Waals surface area contributed by atoms with Gasteiger partial charge in [-0.3, -0.25) is 9.36 Å². The van der Waals surface area contributed by atoms with Gasteiger partial charge >= 0.3 is 5.92 Å². The van der Waals surface area contributed by atoms with E-state index in [-0.39, 0.29) is 6.04 Å². The van der Waals surface area contributed by atoms with Gasteiger partial charge in [-0.25, -0.2) is 4.39 Å². The van der Waals surface area contributed by atoms with Crippen molar-refractivity contribution in [1.29, 1.82) is 0 Å². The molecule has 0 spiro atoms. The molecule has 0 aliphatic carbocycles. The highest BCUT2D eigenvalue weighted by molar-refractivity contribution is 6.00. The van der Waals surface area contributed by atoms with Crippen molar-refractivity contribution < 1.29 is 13.2 Å². The van der Waals surface area contributed by atoms with Crippen LogP contribution in [0.2, 0.25) is 0 Å².